The van der Waals surface area contributed by atoms with Gasteiger partial charge in [-0.25, -0.2) is 0 Å². The van der Waals surface area contributed by atoms with Gasteiger partial charge in [-0.3, -0.25) is 4.79 Å². The summed E-state index contributed by atoms with van der Waals surface area (Å²) in [6.45, 7) is 2.27. The molecule has 0 N–H and O–H groups in total. The number of carbonyl (C=O) groups excluding carboxylic acids is 1. The fourth-order valence-electron chi connectivity index (χ4n) is 2.85. The maximum absolute atomic E-state index is 11.1. The van der Waals surface area contributed by atoms with Crippen LogP contribution in [0, 0.1) is 0 Å². The standard InChI is InChI=1S/C15H18N2O/c1-16-10-12(11-18)14-9-13(5-6-15(14)16)17-7-3-2-4-8-17/h5-6,9-11H,2-4,7-8H2,1H3. The Morgan fingerprint density at radius 1 is 1.17 bits per heavy atom. The summed E-state index contributed by atoms with van der Waals surface area (Å²) < 4.78 is 2.01. The van der Waals surface area contributed by atoms with Crippen LogP contribution in [0.5, 0.6) is 0 Å². The van der Waals surface area contributed by atoms with E-state index in [1.54, 1.807) is 0 Å². The van der Waals surface area contributed by atoms with E-state index in [2.05, 4.69) is 23.1 Å². The van der Waals surface area contributed by atoms with E-state index in [1.165, 1.54) is 24.9 Å². The van der Waals surface area contributed by atoms with Gasteiger partial charge in [-0.1, -0.05) is 0 Å². The Morgan fingerprint density at radius 2 is 1.94 bits per heavy atom. The van der Waals surface area contributed by atoms with Crippen molar-refractivity contribution in [3.8, 4) is 0 Å². The normalized spacial score (nSPS) is 16.2. The number of aryl methyl sites for hydroxylation is 1. The third kappa shape index (κ3) is 1.80. The Bertz CT molecular complexity index is 579. The first-order chi connectivity index (χ1) is 8.79. The zero-order chi connectivity index (χ0) is 12.5. The molecule has 1 aliphatic heterocycles. The molecule has 1 aliphatic rings. The number of hydrogen-bond donors (Lipinski definition) is 0. The molecule has 0 saturated carbocycles. The number of carbonyl (C=O) groups is 1. The summed E-state index contributed by atoms with van der Waals surface area (Å²) in [5.41, 5.74) is 3.15. The van der Waals surface area contributed by atoms with Gasteiger partial charge in [0.25, 0.3) is 0 Å². The number of aldehydes is 1. The minimum atomic E-state index is 0.784. The van der Waals surface area contributed by atoms with Crippen molar-refractivity contribution < 1.29 is 4.79 Å². The molecule has 0 radical (unpaired) electrons. The lowest BCUT2D eigenvalue weighted by Gasteiger charge is -2.28. The van der Waals surface area contributed by atoms with Crippen LogP contribution in [-0.2, 0) is 7.05 Å². The average Bonchev–Trinajstić information content (AvgIpc) is 2.76. The van der Waals surface area contributed by atoms with E-state index in [9.17, 15) is 4.79 Å². The van der Waals surface area contributed by atoms with Gasteiger partial charge in [-0.15, -0.1) is 0 Å². The Hall–Kier alpha value is -1.77. The second kappa shape index (κ2) is 4.48. The molecular formula is C15H18N2O. The molecule has 3 rings (SSSR count). The minimum absolute atomic E-state index is 0.784. The maximum Gasteiger partial charge on any atom is 0.152 e. The van der Waals surface area contributed by atoms with E-state index < -0.39 is 0 Å². The minimum Gasteiger partial charge on any atom is -0.372 e. The van der Waals surface area contributed by atoms with Gasteiger partial charge in [-0.2, -0.15) is 0 Å². The highest BCUT2D eigenvalue weighted by atomic mass is 16.1. The first kappa shape index (κ1) is 11.3. The second-order valence-electron chi connectivity index (χ2n) is 5.06. The Morgan fingerprint density at radius 3 is 2.67 bits per heavy atom. The van der Waals surface area contributed by atoms with Crippen molar-refractivity contribution in [2.24, 2.45) is 7.05 Å². The van der Waals surface area contributed by atoms with Crippen LogP contribution in [0.15, 0.2) is 24.4 Å². The number of piperidine rings is 1. The molecule has 0 aliphatic carbocycles. The smallest absolute Gasteiger partial charge is 0.152 e. The predicted molar refractivity (Wildman–Crippen MR) is 74.4 cm³/mol. The van der Waals surface area contributed by atoms with E-state index in [0.717, 1.165) is 35.8 Å². The third-order valence-corrected chi connectivity index (χ3v) is 3.85. The molecule has 2 aromatic rings. The molecule has 0 amide bonds. The van der Waals surface area contributed by atoms with Crippen LogP contribution >= 0.6 is 0 Å². The maximum atomic E-state index is 11.1. The highest BCUT2D eigenvalue weighted by molar-refractivity contribution is 5.99. The van der Waals surface area contributed by atoms with Crippen molar-refractivity contribution in [2.75, 3.05) is 18.0 Å². The van der Waals surface area contributed by atoms with Gasteiger partial charge in [-0.05, 0) is 37.5 Å². The predicted octanol–water partition coefficient (Wildman–Crippen LogP) is 2.98. The van der Waals surface area contributed by atoms with Crippen molar-refractivity contribution in [3.05, 3.63) is 30.0 Å². The number of rotatable bonds is 2. The summed E-state index contributed by atoms with van der Waals surface area (Å²) in [4.78, 5) is 13.5. The van der Waals surface area contributed by atoms with E-state index in [1.807, 2.05) is 17.8 Å². The summed E-state index contributed by atoms with van der Waals surface area (Å²) in [6, 6.07) is 6.44. The molecule has 1 aromatic carbocycles. The van der Waals surface area contributed by atoms with Crippen LogP contribution in [0.2, 0.25) is 0 Å². The monoisotopic (exact) mass is 242 g/mol. The van der Waals surface area contributed by atoms with Gasteiger partial charge >= 0.3 is 0 Å². The molecule has 1 saturated heterocycles. The van der Waals surface area contributed by atoms with Crippen LogP contribution in [0.25, 0.3) is 10.9 Å². The Kier molecular flexibility index (Phi) is 2.82. The quantitative estimate of drug-likeness (QED) is 0.756. The number of aromatic nitrogens is 1. The van der Waals surface area contributed by atoms with Crippen LogP contribution in [0.1, 0.15) is 29.6 Å². The topological polar surface area (TPSA) is 25.2 Å². The molecule has 0 spiro atoms. The summed E-state index contributed by atoms with van der Waals surface area (Å²) in [7, 11) is 1.98. The second-order valence-corrected chi connectivity index (χ2v) is 5.06. The molecule has 3 heteroatoms. The first-order valence-electron chi connectivity index (χ1n) is 6.59. The van der Waals surface area contributed by atoms with Crippen molar-refractivity contribution in [2.45, 2.75) is 19.3 Å². The molecule has 0 bridgehead atoms. The zero-order valence-corrected chi connectivity index (χ0v) is 10.7. The average molecular weight is 242 g/mol. The first-order valence-corrected chi connectivity index (χ1v) is 6.59. The van der Waals surface area contributed by atoms with Crippen LogP contribution in [0.4, 0.5) is 5.69 Å². The SMILES string of the molecule is Cn1cc(C=O)c2cc(N3CCCCC3)ccc21. The molecule has 3 nitrogen and oxygen atoms in total. The molecular weight excluding hydrogens is 224 g/mol. The molecule has 0 atom stereocenters. The molecule has 1 aromatic heterocycles. The van der Waals surface area contributed by atoms with Crippen molar-refractivity contribution >= 4 is 22.9 Å². The Balaban J connectivity index is 2.06. The largest absolute Gasteiger partial charge is 0.372 e. The lowest BCUT2D eigenvalue weighted by atomic mass is 10.1. The van der Waals surface area contributed by atoms with Gasteiger partial charge < -0.3 is 9.47 Å². The molecule has 18 heavy (non-hydrogen) atoms. The molecule has 1 fully saturated rings. The highest BCUT2D eigenvalue weighted by Gasteiger charge is 2.13. The van der Waals surface area contributed by atoms with Crippen molar-refractivity contribution in [1.82, 2.24) is 4.57 Å². The van der Waals surface area contributed by atoms with E-state index in [-0.39, 0.29) is 0 Å². The highest BCUT2D eigenvalue weighted by Crippen LogP contribution is 2.27. The number of nitrogens with zero attached hydrogens (tertiary/aromatic N) is 2. The lowest BCUT2D eigenvalue weighted by Crippen LogP contribution is -2.29. The summed E-state index contributed by atoms with van der Waals surface area (Å²) in [6.07, 6.45) is 6.73. The summed E-state index contributed by atoms with van der Waals surface area (Å²) >= 11 is 0. The van der Waals surface area contributed by atoms with Crippen LogP contribution < -0.4 is 4.90 Å². The molecule has 0 unspecified atom stereocenters. The van der Waals surface area contributed by atoms with Gasteiger partial charge in [0.2, 0.25) is 0 Å². The number of anilines is 1. The van der Waals surface area contributed by atoms with E-state index >= 15 is 0 Å². The number of fused-ring (bicyclic) bond motifs is 1. The Labute approximate surface area is 107 Å². The van der Waals surface area contributed by atoms with Gasteiger partial charge in [0, 0.05) is 48.5 Å². The fourth-order valence-corrected chi connectivity index (χ4v) is 2.85. The van der Waals surface area contributed by atoms with Crippen molar-refractivity contribution in [3.63, 3.8) is 0 Å². The van der Waals surface area contributed by atoms with Gasteiger partial charge in [0.05, 0.1) is 0 Å². The molecule has 94 valence electrons. The van der Waals surface area contributed by atoms with Crippen LogP contribution in [-0.4, -0.2) is 23.9 Å². The summed E-state index contributed by atoms with van der Waals surface area (Å²) in [5.74, 6) is 0. The lowest BCUT2D eigenvalue weighted by molar-refractivity contribution is 0.112. The van der Waals surface area contributed by atoms with Crippen molar-refractivity contribution in [1.29, 1.82) is 0 Å². The molecule has 2 heterocycles. The number of hydrogen-bond acceptors (Lipinski definition) is 2. The van der Waals surface area contributed by atoms with E-state index in [0.29, 0.717) is 0 Å². The third-order valence-electron chi connectivity index (χ3n) is 3.85. The van der Waals surface area contributed by atoms with Gasteiger partial charge in [0.1, 0.15) is 0 Å². The number of benzene rings is 1. The fraction of sp³-hybridized carbons (Fsp3) is 0.400. The van der Waals surface area contributed by atoms with Crippen LogP contribution in [0.3, 0.4) is 0 Å². The van der Waals surface area contributed by atoms with Gasteiger partial charge in [0.15, 0.2) is 6.29 Å². The van der Waals surface area contributed by atoms with E-state index in [4.69, 9.17) is 0 Å². The zero-order valence-electron chi connectivity index (χ0n) is 10.7. The summed E-state index contributed by atoms with van der Waals surface area (Å²) in [5, 5.41) is 1.07.